The second-order valence-corrected chi connectivity index (χ2v) is 7.10. The van der Waals surface area contributed by atoms with Gasteiger partial charge in [0.25, 0.3) is 5.91 Å². The van der Waals surface area contributed by atoms with Crippen LogP contribution in [0.25, 0.3) is 0 Å². The van der Waals surface area contributed by atoms with Gasteiger partial charge in [-0.25, -0.2) is 4.98 Å². The van der Waals surface area contributed by atoms with Crippen LogP contribution in [0.4, 0.5) is 0 Å². The van der Waals surface area contributed by atoms with Crippen LogP contribution in [-0.4, -0.2) is 35.5 Å². The number of pyridine rings is 1. The molecule has 4 heteroatoms. The maximum absolute atomic E-state index is 12.7. The lowest BCUT2D eigenvalue weighted by Gasteiger charge is -2.29. The van der Waals surface area contributed by atoms with Crippen molar-refractivity contribution in [3.05, 3.63) is 23.9 Å². The van der Waals surface area contributed by atoms with E-state index in [1.54, 1.807) is 18.3 Å². The zero-order valence-electron chi connectivity index (χ0n) is 14.3. The summed E-state index contributed by atoms with van der Waals surface area (Å²) in [6.45, 7) is 11.1. The van der Waals surface area contributed by atoms with Gasteiger partial charge in [0.1, 0.15) is 0 Å². The average molecular weight is 304 g/mol. The maximum Gasteiger partial charge on any atom is 0.254 e. The van der Waals surface area contributed by atoms with Gasteiger partial charge in [-0.15, -0.1) is 0 Å². The highest BCUT2D eigenvalue weighted by molar-refractivity contribution is 5.94. The largest absolute Gasteiger partial charge is 0.478 e. The Hall–Kier alpha value is -1.58. The first-order valence-electron chi connectivity index (χ1n) is 8.30. The lowest BCUT2D eigenvalue weighted by atomic mass is 9.77. The van der Waals surface area contributed by atoms with Crippen molar-refractivity contribution in [1.82, 2.24) is 9.88 Å². The minimum absolute atomic E-state index is 0.0953. The molecule has 0 spiro atoms. The molecule has 4 nitrogen and oxygen atoms in total. The van der Waals surface area contributed by atoms with Gasteiger partial charge in [-0.2, -0.15) is 0 Å². The third kappa shape index (κ3) is 4.21. The van der Waals surface area contributed by atoms with Crippen LogP contribution in [0.5, 0.6) is 5.88 Å². The Balaban J connectivity index is 2.05. The van der Waals surface area contributed by atoms with Crippen LogP contribution in [0, 0.1) is 11.3 Å². The zero-order valence-corrected chi connectivity index (χ0v) is 14.3. The van der Waals surface area contributed by atoms with Crippen molar-refractivity contribution < 1.29 is 9.53 Å². The van der Waals surface area contributed by atoms with Crippen LogP contribution in [0.15, 0.2) is 18.3 Å². The molecule has 1 atom stereocenters. The average Bonchev–Trinajstić information content (AvgIpc) is 2.73. The molecule has 2 heterocycles. The fourth-order valence-electron chi connectivity index (χ4n) is 3.12. The van der Waals surface area contributed by atoms with Crippen molar-refractivity contribution in [3.8, 4) is 5.88 Å². The Labute approximate surface area is 133 Å². The third-order valence-corrected chi connectivity index (χ3v) is 4.51. The van der Waals surface area contributed by atoms with E-state index in [1.165, 1.54) is 6.42 Å². The molecule has 0 saturated carbocycles. The summed E-state index contributed by atoms with van der Waals surface area (Å²) in [6, 6.07) is 3.52. The minimum Gasteiger partial charge on any atom is -0.478 e. The first-order chi connectivity index (χ1) is 10.4. The molecule has 1 amide bonds. The van der Waals surface area contributed by atoms with Crippen molar-refractivity contribution in [3.63, 3.8) is 0 Å². The van der Waals surface area contributed by atoms with E-state index in [1.807, 2.05) is 11.8 Å². The standard InChI is InChI=1S/C18H28N2O2/c1-5-22-16-13-14(8-10-19-16)17(21)20-11-6-7-15(9-12-20)18(2,3)4/h8,10,13,15H,5-7,9,11-12H2,1-4H3. The summed E-state index contributed by atoms with van der Waals surface area (Å²) in [7, 11) is 0. The van der Waals surface area contributed by atoms with E-state index < -0.39 is 0 Å². The molecule has 1 fully saturated rings. The van der Waals surface area contributed by atoms with Crippen LogP contribution in [0.3, 0.4) is 0 Å². The van der Waals surface area contributed by atoms with Crippen LogP contribution in [-0.2, 0) is 0 Å². The van der Waals surface area contributed by atoms with Gasteiger partial charge >= 0.3 is 0 Å². The molecule has 1 aliphatic rings. The van der Waals surface area contributed by atoms with E-state index in [2.05, 4.69) is 25.8 Å². The highest BCUT2D eigenvalue weighted by Crippen LogP contribution is 2.34. The van der Waals surface area contributed by atoms with Gasteiger partial charge in [0.15, 0.2) is 0 Å². The molecule has 22 heavy (non-hydrogen) atoms. The molecule has 0 aromatic carbocycles. The molecule has 0 N–H and O–H groups in total. The lowest BCUT2D eigenvalue weighted by Crippen LogP contribution is -2.32. The summed E-state index contributed by atoms with van der Waals surface area (Å²) < 4.78 is 5.39. The fourth-order valence-corrected chi connectivity index (χ4v) is 3.12. The Morgan fingerprint density at radius 2 is 2.14 bits per heavy atom. The number of nitrogens with zero attached hydrogens (tertiary/aromatic N) is 2. The summed E-state index contributed by atoms with van der Waals surface area (Å²) >= 11 is 0. The van der Waals surface area contributed by atoms with E-state index in [-0.39, 0.29) is 5.91 Å². The predicted molar refractivity (Wildman–Crippen MR) is 88.1 cm³/mol. The highest BCUT2D eigenvalue weighted by atomic mass is 16.5. The zero-order chi connectivity index (χ0) is 16.2. The molecule has 1 aromatic heterocycles. The molecule has 1 unspecified atom stereocenters. The second kappa shape index (κ2) is 7.12. The molecule has 1 saturated heterocycles. The SMILES string of the molecule is CCOc1cc(C(=O)N2CCCC(C(C)(C)C)CC2)ccn1. The molecule has 0 bridgehead atoms. The van der Waals surface area contributed by atoms with E-state index in [0.717, 1.165) is 25.9 Å². The van der Waals surface area contributed by atoms with Gasteiger partial charge in [0.2, 0.25) is 5.88 Å². The van der Waals surface area contributed by atoms with Crippen LogP contribution >= 0.6 is 0 Å². The van der Waals surface area contributed by atoms with E-state index in [9.17, 15) is 4.79 Å². The molecular weight excluding hydrogens is 276 g/mol. The smallest absolute Gasteiger partial charge is 0.254 e. The van der Waals surface area contributed by atoms with Gasteiger partial charge in [-0.3, -0.25) is 4.79 Å². The van der Waals surface area contributed by atoms with Gasteiger partial charge in [-0.05, 0) is 43.6 Å². The monoisotopic (exact) mass is 304 g/mol. The lowest BCUT2D eigenvalue weighted by molar-refractivity contribution is 0.0755. The number of aromatic nitrogens is 1. The topological polar surface area (TPSA) is 42.4 Å². The Kier molecular flexibility index (Phi) is 5.43. The van der Waals surface area contributed by atoms with Crippen LogP contribution in [0.1, 0.15) is 57.3 Å². The Bertz CT molecular complexity index is 508. The molecule has 0 aliphatic carbocycles. The summed E-state index contributed by atoms with van der Waals surface area (Å²) in [4.78, 5) is 18.8. The van der Waals surface area contributed by atoms with E-state index in [4.69, 9.17) is 4.74 Å². The van der Waals surface area contributed by atoms with E-state index >= 15 is 0 Å². The van der Waals surface area contributed by atoms with Crippen molar-refractivity contribution >= 4 is 5.91 Å². The van der Waals surface area contributed by atoms with Gasteiger partial charge in [-0.1, -0.05) is 20.8 Å². The van der Waals surface area contributed by atoms with Crippen molar-refractivity contribution in [1.29, 1.82) is 0 Å². The summed E-state index contributed by atoms with van der Waals surface area (Å²) in [5.74, 6) is 1.30. The number of ether oxygens (including phenoxy) is 1. The first-order valence-corrected chi connectivity index (χ1v) is 8.30. The Morgan fingerprint density at radius 3 is 2.82 bits per heavy atom. The molecule has 122 valence electrons. The number of rotatable bonds is 3. The van der Waals surface area contributed by atoms with Crippen LogP contribution in [0.2, 0.25) is 0 Å². The van der Waals surface area contributed by atoms with Gasteiger partial charge in [0.05, 0.1) is 6.61 Å². The number of likely N-dealkylation sites (tertiary alicyclic amines) is 1. The summed E-state index contributed by atoms with van der Waals surface area (Å²) in [5, 5.41) is 0. The molecule has 1 aliphatic heterocycles. The molecule has 1 aromatic rings. The van der Waals surface area contributed by atoms with Crippen molar-refractivity contribution in [2.45, 2.75) is 47.0 Å². The number of carbonyl (C=O) groups excluding carboxylic acids is 1. The van der Waals surface area contributed by atoms with Crippen molar-refractivity contribution in [2.75, 3.05) is 19.7 Å². The van der Waals surface area contributed by atoms with Crippen LogP contribution < -0.4 is 4.74 Å². The number of carbonyl (C=O) groups is 1. The summed E-state index contributed by atoms with van der Waals surface area (Å²) in [5.41, 5.74) is 0.991. The minimum atomic E-state index is 0.0953. The normalized spacial score (nSPS) is 19.6. The quantitative estimate of drug-likeness (QED) is 0.853. The number of hydrogen-bond acceptors (Lipinski definition) is 3. The highest BCUT2D eigenvalue weighted by Gasteiger charge is 2.28. The van der Waals surface area contributed by atoms with Gasteiger partial charge in [0, 0.05) is 30.9 Å². The number of hydrogen-bond donors (Lipinski definition) is 0. The van der Waals surface area contributed by atoms with Gasteiger partial charge < -0.3 is 9.64 Å². The number of amides is 1. The molecule has 2 rings (SSSR count). The molecule has 0 radical (unpaired) electrons. The predicted octanol–water partition coefficient (Wildman–Crippen LogP) is 3.77. The maximum atomic E-state index is 12.7. The Morgan fingerprint density at radius 1 is 1.36 bits per heavy atom. The fraction of sp³-hybridized carbons (Fsp3) is 0.667. The van der Waals surface area contributed by atoms with Crippen molar-refractivity contribution in [2.24, 2.45) is 11.3 Å². The first kappa shape index (κ1) is 16.8. The van der Waals surface area contributed by atoms with E-state index in [0.29, 0.717) is 29.4 Å². The molecular formula is C18H28N2O2. The second-order valence-electron chi connectivity index (χ2n) is 7.10. The summed E-state index contributed by atoms with van der Waals surface area (Å²) in [6.07, 6.45) is 5.01. The third-order valence-electron chi connectivity index (χ3n) is 4.51.